The van der Waals surface area contributed by atoms with Gasteiger partial charge in [0.15, 0.2) is 6.04 Å². The number of aromatic nitrogens is 2. The average molecular weight is 332 g/mol. The van der Waals surface area contributed by atoms with Gasteiger partial charge >= 0.3 is 11.7 Å². The van der Waals surface area contributed by atoms with Gasteiger partial charge in [0.25, 0.3) is 0 Å². The maximum atomic E-state index is 12.0. The molecule has 2 rings (SSSR count). The number of rotatable bonds is 6. The van der Waals surface area contributed by atoms with Crippen LogP contribution in [0, 0.1) is 24.0 Å². The minimum Gasteiger partial charge on any atom is -0.479 e. The van der Waals surface area contributed by atoms with Crippen LogP contribution < -0.4 is 5.32 Å². The number of carbonyl (C=O) groups excluding carboxylic acids is 1. The number of hydrogen-bond donors (Lipinski definition) is 2. The van der Waals surface area contributed by atoms with Gasteiger partial charge in [0.2, 0.25) is 5.91 Å². The Labute approximate surface area is 137 Å². The lowest BCUT2D eigenvalue weighted by Crippen LogP contribution is -2.36. The maximum Gasteiger partial charge on any atom is 0.330 e. The Hall–Kier alpha value is -3.23. The van der Waals surface area contributed by atoms with Crippen LogP contribution in [0.4, 0.5) is 5.69 Å². The van der Waals surface area contributed by atoms with E-state index in [9.17, 15) is 24.8 Å². The number of amides is 1. The summed E-state index contributed by atoms with van der Waals surface area (Å²) in [5.74, 6) is -1.81. The molecular weight excluding hydrogens is 316 g/mol. The van der Waals surface area contributed by atoms with Crippen LogP contribution in [0.3, 0.4) is 0 Å². The first-order valence-electron chi connectivity index (χ1n) is 7.03. The standard InChI is InChI=1S/C15H16N4O5/c1-9-3-10(2)5-11(4-9)14(15(21)22)17-13(20)8-18-7-12(6-16-18)19(23)24/h3-7,14H,8H2,1-2H3,(H,17,20)(H,21,22). The van der Waals surface area contributed by atoms with Crippen LogP contribution in [0.1, 0.15) is 22.7 Å². The minimum absolute atomic E-state index is 0.244. The first kappa shape index (κ1) is 17.1. The van der Waals surface area contributed by atoms with Gasteiger partial charge in [0.05, 0.1) is 4.92 Å². The van der Waals surface area contributed by atoms with Crippen LogP contribution in [-0.4, -0.2) is 31.7 Å². The van der Waals surface area contributed by atoms with E-state index in [1.165, 1.54) is 0 Å². The highest BCUT2D eigenvalue weighted by Crippen LogP contribution is 2.17. The lowest BCUT2D eigenvalue weighted by molar-refractivity contribution is -0.385. The molecule has 0 aliphatic heterocycles. The van der Waals surface area contributed by atoms with Crippen molar-refractivity contribution in [3.05, 3.63) is 57.4 Å². The molecule has 1 unspecified atom stereocenters. The fourth-order valence-electron chi connectivity index (χ4n) is 2.35. The molecule has 0 saturated heterocycles. The molecule has 126 valence electrons. The van der Waals surface area contributed by atoms with Crippen LogP contribution in [0.5, 0.6) is 0 Å². The molecule has 9 nitrogen and oxygen atoms in total. The fraction of sp³-hybridized carbons (Fsp3) is 0.267. The van der Waals surface area contributed by atoms with E-state index in [1.807, 2.05) is 19.9 Å². The summed E-state index contributed by atoms with van der Waals surface area (Å²) >= 11 is 0. The van der Waals surface area contributed by atoms with Crippen molar-refractivity contribution in [2.24, 2.45) is 0 Å². The van der Waals surface area contributed by atoms with Gasteiger partial charge < -0.3 is 10.4 Å². The second-order valence-corrected chi connectivity index (χ2v) is 5.41. The molecule has 0 bridgehead atoms. The van der Waals surface area contributed by atoms with Crippen molar-refractivity contribution in [3.63, 3.8) is 0 Å². The summed E-state index contributed by atoms with van der Waals surface area (Å²) < 4.78 is 1.08. The van der Waals surface area contributed by atoms with Crippen molar-refractivity contribution >= 4 is 17.6 Å². The Morgan fingerprint density at radius 1 is 1.33 bits per heavy atom. The molecule has 2 aromatic rings. The Morgan fingerprint density at radius 3 is 2.46 bits per heavy atom. The number of nitrogens with zero attached hydrogens (tertiary/aromatic N) is 3. The summed E-state index contributed by atoms with van der Waals surface area (Å²) in [4.78, 5) is 33.5. The molecule has 1 amide bonds. The highest BCUT2D eigenvalue weighted by atomic mass is 16.6. The van der Waals surface area contributed by atoms with Crippen molar-refractivity contribution in [2.45, 2.75) is 26.4 Å². The normalized spacial score (nSPS) is 11.8. The third-order valence-corrected chi connectivity index (χ3v) is 3.27. The summed E-state index contributed by atoms with van der Waals surface area (Å²) in [6, 6.07) is 4.06. The van der Waals surface area contributed by atoms with Crippen LogP contribution >= 0.6 is 0 Å². The number of hydrogen-bond acceptors (Lipinski definition) is 5. The summed E-state index contributed by atoms with van der Waals surface area (Å²) in [5, 5.41) is 26.1. The highest BCUT2D eigenvalue weighted by molar-refractivity contribution is 5.84. The number of carboxylic acid groups (broad SMARTS) is 1. The summed E-state index contributed by atoms with van der Waals surface area (Å²) in [6.07, 6.45) is 2.12. The zero-order chi connectivity index (χ0) is 17.9. The molecule has 0 saturated carbocycles. The van der Waals surface area contributed by atoms with E-state index < -0.39 is 22.8 Å². The Kier molecular flexibility index (Phi) is 4.93. The predicted molar refractivity (Wildman–Crippen MR) is 83.3 cm³/mol. The van der Waals surface area contributed by atoms with Gasteiger partial charge in [-0.25, -0.2) is 4.79 Å². The molecular formula is C15H16N4O5. The molecule has 0 aliphatic rings. The minimum atomic E-state index is -1.21. The molecule has 0 fully saturated rings. The first-order chi connectivity index (χ1) is 11.3. The molecule has 0 radical (unpaired) electrons. The molecule has 1 aromatic carbocycles. The highest BCUT2D eigenvalue weighted by Gasteiger charge is 2.23. The SMILES string of the molecule is Cc1cc(C)cc(C(NC(=O)Cn2cc([N+](=O)[O-])cn2)C(=O)O)c1. The zero-order valence-electron chi connectivity index (χ0n) is 13.1. The Bertz CT molecular complexity index is 779. The van der Waals surface area contributed by atoms with E-state index in [-0.39, 0.29) is 12.2 Å². The quantitative estimate of drug-likeness (QED) is 0.607. The summed E-state index contributed by atoms with van der Waals surface area (Å²) in [7, 11) is 0. The van der Waals surface area contributed by atoms with Gasteiger partial charge in [-0.2, -0.15) is 5.10 Å². The number of carboxylic acids is 1. The summed E-state index contributed by atoms with van der Waals surface area (Å²) in [5.41, 5.74) is 1.98. The lowest BCUT2D eigenvalue weighted by atomic mass is 10.0. The van der Waals surface area contributed by atoms with Crippen LogP contribution in [-0.2, 0) is 16.1 Å². The smallest absolute Gasteiger partial charge is 0.330 e. The fourth-order valence-corrected chi connectivity index (χ4v) is 2.35. The molecule has 0 aliphatic carbocycles. The zero-order valence-corrected chi connectivity index (χ0v) is 13.1. The number of aliphatic carboxylic acids is 1. The number of nitrogens with one attached hydrogen (secondary N) is 1. The molecule has 0 spiro atoms. The second kappa shape index (κ2) is 6.90. The van der Waals surface area contributed by atoms with Gasteiger partial charge in [-0.3, -0.25) is 19.6 Å². The molecule has 1 atom stereocenters. The maximum absolute atomic E-state index is 12.0. The number of nitro groups is 1. The number of carbonyl (C=O) groups is 2. The second-order valence-electron chi connectivity index (χ2n) is 5.41. The van der Waals surface area contributed by atoms with Gasteiger partial charge in [-0.05, 0) is 19.4 Å². The van der Waals surface area contributed by atoms with E-state index >= 15 is 0 Å². The predicted octanol–water partition coefficient (Wildman–Crippen LogP) is 1.35. The van der Waals surface area contributed by atoms with Crippen LogP contribution in [0.25, 0.3) is 0 Å². The van der Waals surface area contributed by atoms with E-state index in [1.54, 1.807) is 12.1 Å². The van der Waals surface area contributed by atoms with Crippen molar-refractivity contribution in [1.29, 1.82) is 0 Å². The average Bonchev–Trinajstić information content (AvgIpc) is 2.92. The number of benzene rings is 1. The van der Waals surface area contributed by atoms with Gasteiger partial charge in [0.1, 0.15) is 18.9 Å². The Balaban J connectivity index is 2.13. The molecule has 9 heteroatoms. The lowest BCUT2D eigenvalue weighted by Gasteiger charge is -2.16. The van der Waals surface area contributed by atoms with Crippen molar-refractivity contribution in [2.75, 3.05) is 0 Å². The molecule has 24 heavy (non-hydrogen) atoms. The number of aryl methyl sites for hydroxylation is 2. The topological polar surface area (TPSA) is 127 Å². The monoisotopic (exact) mass is 332 g/mol. The van der Waals surface area contributed by atoms with E-state index in [2.05, 4.69) is 10.4 Å². The van der Waals surface area contributed by atoms with Crippen LogP contribution in [0.2, 0.25) is 0 Å². The third kappa shape index (κ3) is 4.15. The van der Waals surface area contributed by atoms with E-state index in [0.29, 0.717) is 5.56 Å². The first-order valence-corrected chi connectivity index (χ1v) is 7.03. The molecule has 2 N–H and O–H groups in total. The van der Waals surface area contributed by atoms with Gasteiger partial charge in [-0.15, -0.1) is 0 Å². The van der Waals surface area contributed by atoms with Gasteiger partial charge in [0, 0.05) is 0 Å². The largest absolute Gasteiger partial charge is 0.479 e. The van der Waals surface area contributed by atoms with Crippen molar-refractivity contribution < 1.29 is 19.6 Å². The Morgan fingerprint density at radius 2 is 1.96 bits per heavy atom. The third-order valence-electron chi connectivity index (χ3n) is 3.27. The van der Waals surface area contributed by atoms with E-state index in [0.717, 1.165) is 28.2 Å². The summed E-state index contributed by atoms with van der Waals surface area (Å²) in [6.45, 7) is 3.35. The van der Waals surface area contributed by atoms with Gasteiger partial charge in [-0.1, -0.05) is 29.3 Å². The van der Waals surface area contributed by atoms with E-state index in [4.69, 9.17) is 0 Å². The van der Waals surface area contributed by atoms with Crippen molar-refractivity contribution in [3.8, 4) is 0 Å². The van der Waals surface area contributed by atoms with Crippen LogP contribution in [0.15, 0.2) is 30.6 Å². The molecule has 1 aromatic heterocycles. The van der Waals surface area contributed by atoms with Crippen molar-refractivity contribution in [1.82, 2.24) is 15.1 Å². The molecule has 1 heterocycles.